The Kier molecular flexibility index (Phi) is 7.16. The van der Waals surface area contributed by atoms with E-state index in [0.717, 1.165) is 61.6 Å². The van der Waals surface area contributed by atoms with Crippen molar-refractivity contribution in [3.05, 3.63) is 82.4 Å². The molecule has 176 valence electrons. The van der Waals surface area contributed by atoms with Crippen molar-refractivity contribution in [2.45, 2.75) is 64.7 Å². The maximum Gasteiger partial charge on any atom is 0.336 e. The molecule has 0 unspecified atom stereocenters. The molecule has 0 bridgehead atoms. The molecule has 34 heavy (non-hydrogen) atoms. The number of benzene rings is 3. The third kappa shape index (κ3) is 4.37. The molecular formula is C30H32O4. The lowest BCUT2D eigenvalue weighted by molar-refractivity contribution is 0.0686. The molecule has 0 amide bonds. The molecule has 3 aromatic carbocycles. The minimum Gasteiger partial charge on any atom is -0.478 e. The summed E-state index contributed by atoms with van der Waals surface area (Å²) in [6.45, 7) is 4.27. The predicted octanol–water partition coefficient (Wildman–Crippen LogP) is 7.59. The molecule has 1 aliphatic rings. The van der Waals surface area contributed by atoms with Gasteiger partial charge in [-0.2, -0.15) is 0 Å². The highest BCUT2D eigenvalue weighted by Gasteiger charge is 2.30. The number of rotatable bonds is 8. The van der Waals surface area contributed by atoms with Gasteiger partial charge in [-0.25, -0.2) is 9.59 Å². The maximum absolute atomic E-state index is 12.3. The molecule has 0 spiro atoms. The fourth-order valence-electron chi connectivity index (χ4n) is 5.62. The van der Waals surface area contributed by atoms with Crippen LogP contribution in [0.1, 0.15) is 89.3 Å². The number of carboxylic acids is 2. The van der Waals surface area contributed by atoms with Gasteiger partial charge in [0.2, 0.25) is 0 Å². The fraction of sp³-hybridized carbons (Fsp3) is 0.333. The molecule has 3 aromatic rings. The number of aromatic carboxylic acids is 2. The minimum atomic E-state index is -0.975. The lowest BCUT2D eigenvalue weighted by Crippen LogP contribution is -2.10. The molecule has 1 aliphatic carbocycles. The smallest absolute Gasteiger partial charge is 0.336 e. The summed E-state index contributed by atoms with van der Waals surface area (Å²) in [5.41, 5.74) is 7.20. The Morgan fingerprint density at radius 3 is 1.82 bits per heavy atom. The van der Waals surface area contributed by atoms with E-state index in [1.165, 1.54) is 11.1 Å². The summed E-state index contributed by atoms with van der Waals surface area (Å²) < 4.78 is 0. The highest BCUT2D eigenvalue weighted by Crippen LogP contribution is 2.48. The van der Waals surface area contributed by atoms with Gasteiger partial charge < -0.3 is 10.2 Å². The monoisotopic (exact) mass is 456 g/mol. The molecule has 1 fully saturated rings. The van der Waals surface area contributed by atoms with Crippen molar-refractivity contribution in [3.8, 4) is 22.3 Å². The average molecular weight is 457 g/mol. The Morgan fingerprint density at radius 2 is 1.32 bits per heavy atom. The Morgan fingerprint density at radius 1 is 0.794 bits per heavy atom. The highest BCUT2D eigenvalue weighted by atomic mass is 16.4. The van der Waals surface area contributed by atoms with Crippen molar-refractivity contribution in [1.29, 1.82) is 0 Å². The lowest BCUT2D eigenvalue weighted by atomic mass is 9.76. The van der Waals surface area contributed by atoms with Gasteiger partial charge in [-0.05, 0) is 82.7 Å². The topological polar surface area (TPSA) is 74.6 Å². The Balaban J connectivity index is 2.21. The second-order valence-electron chi connectivity index (χ2n) is 9.14. The van der Waals surface area contributed by atoms with E-state index in [4.69, 9.17) is 0 Å². The van der Waals surface area contributed by atoms with Crippen LogP contribution >= 0.6 is 0 Å². The zero-order valence-electron chi connectivity index (χ0n) is 19.9. The summed E-state index contributed by atoms with van der Waals surface area (Å²) in [7, 11) is 0. The van der Waals surface area contributed by atoms with Gasteiger partial charge in [-0.3, -0.25) is 0 Å². The summed E-state index contributed by atoms with van der Waals surface area (Å²) in [6, 6.07) is 16.6. The van der Waals surface area contributed by atoms with Crippen LogP contribution in [-0.2, 0) is 12.8 Å². The Hall–Kier alpha value is -3.40. The van der Waals surface area contributed by atoms with E-state index < -0.39 is 11.9 Å². The van der Waals surface area contributed by atoms with Gasteiger partial charge >= 0.3 is 11.9 Å². The fourth-order valence-corrected chi connectivity index (χ4v) is 5.62. The highest BCUT2D eigenvalue weighted by molar-refractivity contribution is 6.04. The molecule has 4 nitrogen and oxygen atoms in total. The van der Waals surface area contributed by atoms with Gasteiger partial charge in [0.15, 0.2) is 0 Å². The van der Waals surface area contributed by atoms with Crippen LogP contribution in [0.5, 0.6) is 0 Å². The summed E-state index contributed by atoms with van der Waals surface area (Å²) in [6.07, 6.45) is 7.02. The first kappa shape index (κ1) is 23.7. The average Bonchev–Trinajstić information content (AvgIpc) is 3.38. The Labute approximate surface area is 201 Å². The number of carboxylic acid groups (broad SMARTS) is 2. The summed E-state index contributed by atoms with van der Waals surface area (Å²) in [4.78, 5) is 24.6. The summed E-state index contributed by atoms with van der Waals surface area (Å²) in [5, 5.41) is 20.1. The molecule has 1 saturated carbocycles. The molecule has 0 atom stereocenters. The van der Waals surface area contributed by atoms with E-state index in [2.05, 4.69) is 19.9 Å². The first-order chi connectivity index (χ1) is 16.5. The third-order valence-corrected chi connectivity index (χ3v) is 7.05. The molecule has 4 heteroatoms. The van der Waals surface area contributed by atoms with E-state index in [1.54, 1.807) is 24.3 Å². The molecular weight excluding hydrogens is 424 g/mol. The standard InChI is InChI=1S/C30H32O4/c1-3-11-21-18-19(4-2)26(20-12-5-6-13-20)28(23-15-8-10-17-25(23)30(33)34)27(21)22-14-7-9-16-24(22)29(31)32/h7-10,14-18,20H,3-6,11-13H2,1-2H3,(H,31,32)(H,33,34). The molecule has 2 N–H and O–H groups in total. The van der Waals surface area contributed by atoms with Gasteiger partial charge in [0.25, 0.3) is 0 Å². The molecule has 0 radical (unpaired) electrons. The SMILES string of the molecule is CCCc1cc(CC)c(C2CCCC2)c(-c2ccccc2C(=O)O)c1-c1ccccc1C(=O)O. The van der Waals surface area contributed by atoms with E-state index in [0.29, 0.717) is 17.0 Å². The number of aryl methyl sites for hydroxylation is 2. The van der Waals surface area contributed by atoms with Crippen molar-refractivity contribution < 1.29 is 19.8 Å². The largest absolute Gasteiger partial charge is 0.478 e. The second-order valence-corrected chi connectivity index (χ2v) is 9.14. The number of hydrogen-bond acceptors (Lipinski definition) is 2. The van der Waals surface area contributed by atoms with E-state index in [9.17, 15) is 19.8 Å². The molecule has 0 heterocycles. The lowest BCUT2D eigenvalue weighted by Gasteiger charge is -2.27. The molecule has 0 aromatic heterocycles. The first-order valence-corrected chi connectivity index (χ1v) is 12.3. The molecule has 0 saturated heterocycles. The van der Waals surface area contributed by atoms with Gasteiger partial charge in [-0.1, -0.05) is 75.6 Å². The van der Waals surface area contributed by atoms with E-state index in [-0.39, 0.29) is 11.1 Å². The van der Waals surface area contributed by atoms with E-state index in [1.807, 2.05) is 24.3 Å². The van der Waals surface area contributed by atoms with Gasteiger partial charge in [0.05, 0.1) is 11.1 Å². The van der Waals surface area contributed by atoms with Crippen LogP contribution in [0.15, 0.2) is 54.6 Å². The van der Waals surface area contributed by atoms with Crippen LogP contribution in [0.3, 0.4) is 0 Å². The van der Waals surface area contributed by atoms with Crippen molar-refractivity contribution in [1.82, 2.24) is 0 Å². The Bertz CT molecular complexity index is 1220. The van der Waals surface area contributed by atoms with Gasteiger partial charge in [0, 0.05) is 0 Å². The third-order valence-electron chi connectivity index (χ3n) is 7.05. The normalized spacial score (nSPS) is 13.8. The molecule has 0 aliphatic heterocycles. The molecule has 4 rings (SSSR count). The zero-order valence-corrected chi connectivity index (χ0v) is 19.9. The minimum absolute atomic E-state index is 0.246. The summed E-state index contributed by atoms with van der Waals surface area (Å²) in [5.74, 6) is -1.60. The maximum atomic E-state index is 12.3. The van der Waals surface area contributed by atoms with Crippen LogP contribution in [0.2, 0.25) is 0 Å². The van der Waals surface area contributed by atoms with Crippen LogP contribution in [0, 0.1) is 0 Å². The van der Waals surface area contributed by atoms with Crippen LogP contribution < -0.4 is 0 Å². The van der Waals surface area contributed by atoms with Crippen molar-refractivity contribution >= 4 is 11.9 Å². The predicted molar refractivity (Wildman–Crippen MR) is 136 cm³/mol. The van der Waals surface area contributed by atoms with Crippen LogP contribution in [0.4, 0.5) is 0 Å². The van der Waals surface area contributed by atoms with Gasteiger partial charge in [0.1, 0.15) is 0 Å². The quantitative estimate of drug-likeness (QED) is 0.366. The van der Waals surface area contributed by atoms with Crippen molar-refractivity contribution in [2.24, 2.45) is 0 Å². The van der Waals surface area contributed by atoms with Crippen molar-refractivity contribution in [2.75, 3.05) is 0 Å². The van der Waals surface area contributed by atoms with Gasteiger partial charge in [-0.15, -0.1) is 0 Å². The van der Waals surface area contributed by atoms with Crippen LogP contribution in [-0.4, -0.2) is 22.2 Å². The second kappa shape index (κ2) is 10.3. The number of hydrogen-bond donors (Lipinski definition) is 2. The van der Waals surface area contributed by atoms with Crippen molar-refractivity contribution in [3.63, 3.8) is 0 Å². The van der Waals surface area contributed by atoms with Crippen LogP contribution in [0.25, 0.3) is 22.3 Å². The number of carbonyl (C=O) groups is 2. The summed E-state index contributed by atoms with van der Waals surface area (Å²) >= 11 is 0. The first-order valence-electron chi connectivity index (χ1n) is 12.3. The van der Waals surface area contributed by atoms with E-state index >= 15 is 0 Å². The zero-order chi connectivity index (χ0) is 24.2.